The Labute approximate surface area is 229 Å². The van der Waals surface area contributed by atoms with Gasteiger partial charge in [0, 0.05) is 37.1 Å². The summed E-state index contributed by atoms with van der Waals surface area (Å²) in [6.07, 6.45) is 1.73. The first-order valence-electron chi connectivity index (χ1n) is 12.8. The molecule has 2 amide bonds. The van der Waals surface area contributed by atoms with Crippen molar-refractivity contribution in [3.8, 4) is 17.2 Å². The summed E-state index contributed by atoms with van der Waals surface area (Å²) in [4.78, 5) is 37.7. The molecule has 0 spiro atoms. The predicted octanol–water partition coefficient (Wildman–Crippen LogP) is 4.33. The van der Waals surface area contributed by atoms with Crippen LogP contribution in [0, 0.1) is 0 Å². The maximum Gasteiger partial charge on any atom is 0.420 e. The number of rotatable bonds is 13. The van der Waals surface area contributed by atoms with E-state index in [0.717, 1.165) is 26.1 Å². The highest BCUT2D eigenvalue weighted by Crippen LogP contribution is 2.32. The molecule has 208 valence electrons. The summed E-state index contributed by atoms with van der Waals surface area (Å²) >= 11 is 0. The number of ether oxygens (including phenoxy) is 3. The van der Waals surface area contributed by atoms with Gasteiger partial charge in [0.05, 0.1) is 14.2 Å². The second kappa shape index (κ2) is 14.5. The van der Waals surface area contributed by atoms with Gasteiger partial charge >= 0.3 is 6.09 Å². The molecular formula is C28H36N6O5. The van der Waals surface area contributed by atoms with Crippen LogP contribution < -0.4 is 29.7 Å². The molecule has 0 aliphatic rings. The van der Waals surface area contributed by atoms with E-state index in [1.165, 1.54) is 32.4 Å². The van der Waals surface area contributed by atoms with Crippen LogP contribution in [0.3, 0.4) is 0 Å². The summed E-state index contributed by atoms with van der Waals surface area (Å²) in [6, 6.07) is 13.6. The van der Waals surface area contributed by atoms with Crippen LogP contribution in [0.2, 0.25) is 0 Å². The number of benzene rings is 2. The molecule has 39 heavy (non-hydrogen) atoms. The summed E-state index contributed by atoms with van der Waals surface area (Å²) in [5.74, 6) is 1.53. The van der Waals surface area contributed by atoms with Crippen molar-refractivity contribution < 1.29 is 23.8 Å². The van der Waals surface area contributed by atoms with Crippen LogP contribution >= 0.6 is 0 Å². The number of hydrogen-bond donors (Lipinski definition) is 2. The largest absolute Gasteiger partial charge is 0.497 e. The van der Waals surface area contributed by atoms with Crippen LogP contribution in [0.25, 0.3) is 0 Å². The zero-order valence-corrected chi connectivity index (χ0v) is 23.1. The van der Waals surface area contributed by atoms with E-state index in [2.05, 4.69) is 39.3 Å². The quantitative estimate of drug-likeness (QED) is 0.308. The maximum absolute atomic E-state index is 12.8. The van der Waals surface area contributed by atoms with Gasteiger partial charge in [-0.25, -0.2) is 9.78 Å². The minimum absolute atomic E-state index is 0.150. The van der Waals surface area contributed by atoms with Crippen molar-refractivity contribution in [1.82, 2.24) is 20.2 Å². The van der Waals surface area contributed by atoms with Gasteiger partial charge in [-0.15, -0.1) is 0 Å². The Kier molecular flexibility index (Phi) is 10.9. The number of nitrogens with one attached hydrogen (secondary N) is 2. The van der Waals surface area contributed by atoms with E-state index in [-0.39, 0.29) is 17.6 Å². The molecule has 0 aliphatic heterocycles. The first-order valence-corrected chi connectivity index (χ1v) is 12.8. The van der Waals surface area contributed by atoms with Crippen molar-refractivity contribution in [1.29, 1.82) is 0 Å². The molecule has 2 aromatic carbocycles. The molecule has 1 heterocycles. The normalized spacial score (nSPS) is 10.6. The van der Waals surface area contributed by atoms with Gasteiger partial charge in [-0.1, -0.05) is 19.9 Å². The molecule has 0 saturated carbocycles. The number of aromatic nitrogens is 2. The Balaban J connectivity index is 1.63. The summed E-state index contributed by atoms with van der Waals surface area (Å²) in [5, 5.41) is 6.06. The van der Waals surface area contributed by atoms with Gasteiger partial charge in [0.15, 0.2) is 11.5 Å². The van der Waals surface area contributed by atoms with Gasteiger partial charge in [0.2, 0.25) is 5.95 Å². The molecule has 0 radical (unpaired) electrons. The fourth-order valence-corrected chi connectivity index (χ4v) is 3.73. The van der Waals surface area contributed by atoms with Crippen molar-refractivity contribution in [2.75, 3.05) is 57.7 Å². The molecule has 0 aliphatic carbocycles. The van der Waals surface area contributed by atoms with Crippen LogP contribution in [-0.2, 0) is 0 Å². The first-order chi connectivity index (χ1) is 18.9. The monoisotopic (exact) mass is 536 g/mol. The highest BCUT2D eigenvalue weighted by Gasteiger charge is 2.18. The second-order valence-corrected chi connectivity index (χ2v) is 8.52. The Morgan fingerprint density at radius 3 is 2.49 bits per heavy atom. The fourth-order valence-electron chi connectivity index (χ4n) is 3.73. The smallest absolute Gasteiger partial charge is 0.420 e. The van der Waals surface area contributed by atoms with E-state index < -0.39 is 6.09 Å². The lowest BCUT2D eigenvalue weighted by Crippen LogP contribution is -2.30. The number of nitrogens with zero attached hydrogens (tertiary/aromatic N) is 4. The van der Waals surface area contributed by atoms with Gasteiger partial charge < -0.3 is 29.7 Å². The lowest BCUT2D eigenvalue weighted by atomic mass is 10.2. The Morgan fingerprint density at radius 1 is 0.974 bits per heavy atom. The minimum atomic E-state index is -0.675. The zero-order chi connectivity index (χ0) is 28.2. The van der Waals surface area contributed by atoms with Crippen molar-refractivity contribution in [2.45, 2.75) is 20.3 Å². The molecular weight excluding hydrogens is 500 g/mol. The number of methoxy groups -OCH3 is 2. The van der Waals surface area contributed by atoms with Gasteiger partial charge in [-0.3, -0.25) is 9.69 Å². The van der Waals surface area contributed by atoms with E-state index in [4.69, 9.17) is 14.2 Å². The van der Waals surface area contributed by atoms with Crippen LogP contribution in [0.4, 0.5) is 22.2 Å². The topological polar surface area (TPSA) is 118 Å². The van der Waals surface area contributed by atoms with Crippen molar-refractivity contribution in [3.05, 3.63) is 60.3 Å². The van der Waals surface area contributed by atoms with Crippen LogP contribution in [0.15, 0.2) is 54.7 Å². The molecule has 11 heteroatoms. The molecule has 2 N–H and O–H groups in total. The number of carbonyl (C=O) groups excluding carboxylic acids is 2. The molecule has 0 fully saturated rings. The highest BCUT2D eigenvalue weighted by atomic mass is 16.6. The minimum Gasteiger partial charge on any atom is -0.497 e. The predicted molar refractivity (Wildman–Crippen MR) is 150 cm³/mol. The molecule has 0 atom stereocenters. The SMILES string of the molecule is CCN(CC)CCCNC(=O)c1cccc(Nc2nccc(N(C)C(=O)Oc3cc(OC)ccc3OC)n2)c1. The average molecular weight is 537 g/mol. The Morgan fingerprint density at radius 2 is 1.77 bits per heavy atom. The number of amides is 2. The lowest BCUT2D eigenvalue weighted by molar-refractivity contribution is 0.0952. The molecule has 3 aromatic rings. The van der Waals surface area contributed by atoms with E-state index >= 15 is 0 Å². The third-order valence-electron chi connectivity index (χ3n) is 6.04. The molecule has 0 bridgehead atoms. The van der Waals surface area contributed by atoms with Crippen molar-refractivity contribution in [3.63, 3.8) is 0 Å². The second-order valence-electron chi connectivity index (χ2n) is 8.52. The van der Waals surface area contributed by atoms with E-state index in [9.17, 15) is 9.59 Å². The Bertz CT molecular complexity index is 1250. The zero-order valence-electron chi connectivity index (χ0n) is 23.1. The summed E-state index contributed by atoms with van der Waals surface area (Å²) < 4.78 is 16.0. The van der Waals surface area contributed by atoms with Crippen LogP contribution in [0.1, 0.15) is 30.6 Å². The van der Waals surface area contributed by atoms with E-state index in [1.807, 2.05) is 0 Å². The third-order valence-corrected chi connectivity index (χ3v) is 6.04. The number of carbonyl (C=O) groups is 2. The lowest BCUT2D eigenvalue weighted by Gasteiger charge is -2.18. The fraction of sp³-hybridized carbons (Fsp3) is 0.357. The number of anilines is 3. The standard InChI is InChI=1S/C28H36N6O5/c1-6-34(7-2)17-9-15-29-26(35)20-10-8-11-21(18-20)31-27-30-16-14-25(32-27)33(3)28(36)39-24-19-22(37-4)12-13-23(24)38-5/h8,10-14,16,18-19H,6-7,9,15,17H2,1-5H3,(H,29,35)(H,30,31,32). The van der Waals surface area contributed by atoms with Gasteiger partial charge in [-0.2, -0.15) is 4.98 Å². The maximum atomic E-state index is 12.8. The summed E-state index contributed by atoms with van der Waals surface area (Å²) in [5.41, 5.74) is 1.15. The van der Waals surface area contributed by atoms with Crippen molar-refractivity contribution >= 4 is 29.5 Å². The molecule has 0 unspecified atom stereocenters. The Hall–Kier alpha value is -4.38. The van der Waals surface area contributed by atoms with Gasteiger partial charge in [-0.05, 0) is 62.5 Å². The molecule has 0 saturated heterocycles. The first kappa shape index (κ1) is 29.2. The molecule has 1 aromatic heterocycles. The number of hydrogen-bond acceptors (Lipinski definition) is 9. The van der Waals surface area contributed by atoms with Gasteiger partial charge in [0.25, 0.3) is 5.91 Å². The third kappa shape index (κ3) is 8.30. The van der Waals surface area contributed by atoms with Crippen LogP contribution in [-0.4, -0.2) is 74.3 Å². The van der Waals surface area contributed by atoms with E-state index in [0.29, 0.717) is 35.1 Å². The van der Waals surface area contributed by atoms with Gasteiger partial charge in [0.1, 0.15) is 11.6 Å². The molecule has 3 rings (SSSR count). The highest BCUT2D eigenvalue weighted by molar-refractivity contribution is 5.95. The van der Waals surface area contributed by atoms with E-state index in [1.54, 1.807) is 48.5 Å². The van der Waals surface area contributed by atoms with Crippen molar-refractivity contribution in [2.24, 2.45) is 0 Å². The summed E-state index contributed by atoms with van der Waals surface area (Å²) in [7, 11) is 4.54. The average Bonchev–Trinajstić information content (AvgIpc) is 2.96. The van der Waals surface area contributed by atoms with Crippen LogP contribution in [0.5, 0.6) is 17.2 Å². The molecule has 11 nitrogen and oxygen atoms in total. The summed E-state index contributed by atoms with van der Waals surface area (Å²) in [6.45, 7) is 7.79.